The number of nitro benzene ring substituents is 1. The van der Waals surface area contributed by atoms with Gasteiger partial charge < -0.3 is 15.4 Å². The highest BCUT2D eigenvalue weighted by molar-refractivity contribution is 6.06. The summed E-state index contributed by atoms with van der Waals surface area (Å²) in [7, 11) is 1.37. The van der Waals surface area contributed by atoms with Gasteiger partial charge in [-0.25, -0.2) is 0 Å². The van der Waals surface area contributed by atoms with Gasteiger partial charge >= 0.3 is 5.69 Å². The summed E-state index contributed by atoms with van der Waals surface area (Å²) in [5, 5.41) is 18.1. The minimum Gasteiger partial charge on any atom is -0.490 e. The Kier molecular flexibility index (Phi) is 4.84. The number of para-hydroxylation sites is 2. The largest absolute Gasteiger partial charge is 0.490 e. The Morgan fingerprint density at radius 2 is 1.65 bits per heavy atom. The number of ether oxygens (including phenoxy) is 1. The van der Waals surface area contributed by atoms with Crippen LogP contribution in [-0.4, -0.2) is 23.5 Å². The van der Waals surface area contributed by atoms with Gasteiger partial charge in [0.15, 0.2) is 5.75 Å². The van der Waals surface area contributed by atoms with Gasteiger partial charge in [-0.2, -0.15) is 0 Å². The first-order valence-corrected chi connectivity index (χ1v) is 11.0. The number of benzene rings is 2. The highest BCUT2D eigenvalue weighted by Crippen LogP contribution is 2.56. The standard InChI is InChI=1S/C24H27N3O4/c1-31-22-7-6-18(11-21(22)27(29)30)23(28)25-19-4-2-3-5-20(19)26-24-12-15-8-16(13-24)10-17(9-15)14-24/h2-7,11,15-17,26H,8-10,12-14H2,1H3,(H,25,28). The predicted octanol–water partition coefficient (Wildman–Crippen LogP) is 5.24. The topological polar surface area (TPSA) is 93.5 Å². The van der Waals surface area contributed by atoms with Crippen molar-refractivity contribution in [2.24, 2.45) is 17.8 Å². The lowest BCUT2D eigenvalue weighted by Crippen LogP contribution is -2.54. The van der Waals surface area contributed by atoms with E-state index in [0.717, 1.165) is 23.4 Å². The summed E-state index contributed by atoms with van der Waals surface area (Å²) in [5.41, 5.74) is 1.73. The first-order valence-electron chi connectivity index (χ1n) is 11.0. The molecule has 4 bridgehead atoms. The summed E-state index contributed by atoms with van der Waals surface area (Å²) in [4.78, 5) is 23.7. The fraction of sp³-hybridized carbons (Fsp3) is 0.458. The molecule has 162 valence electrons. The first-order chi connectivity index (χ1) is 14.9. The van der Waals surface area contributed by atoms with E-state index in [2.05, 4.69) is 10.6 Å². The lowest BCUT2D eigenvalue weighted by Gasteiger charge is -2.57. The Morgan fingerprint density at radius 1 is 1.03 bits per heavy atom. The third kappa shape index (κ3) is 3.73. The maximum Gasteiger partial charge on any atom is 0.311 e. The second-order valence-electron chi connectivity index (χ2n) is 9.47. The fourth-order valence-corrected chi connectivity index (χ4v) is 6.42. The number of hydrogen-bond donors (Lipinski definition) is 2. The van der Waals surface area contributed by atoms with Gasteiger partial charge in [0.1, 0.15) is 0 Å². The molecule has 4 aliphatic rings. The lowest BCUT2D eigenvalue weighted by atomic mass is 9.53. The molecule has 4 saturated carbocycles. The Bertz CT molecular complexity index is 1000. The molecule has 2 aromatic carbocycles. The molecule has 31 heavy (non-hydrogen) atoms. The minimum atomic E-state index is -0.543. The normalized spacial score (nSPS) is 28.2. The number of nitro groups is 1. The van der Waals surface area contributed by atoms with Crippen LogP contribution in [-0.2, 0) is 0 Å². The van der Waals surface area contributed by atoms with Gasteiger partial charge in [-0.05, 0) is 80.5 Å². The number of amides is 1. The maximum absolute atomic E-state index is 12.9. The third-order valence-electron chi connectivity index (χ3n) is 7.25. The van der Waals surface area contributed by atoms with Gasteiger partial charge in [0.2, 0.25) is 0 Å². The van der Waals surface area contributed by atoms with Crippen molar-refractivity contribution in [3.63, 3.8) is 0 Å². The zero-order valence-electron chi connectivity index (χ0n) is 17.6. The number of carbonyl (C=O) groups excluding carboxylic acids is 1. The molecule has 2 aromatic rings. The number of nitrogens with one attached hydrogen (secondary N) is 2. The van der Waals surface area contributed by atoms with Crippen molar-refractivity contribution in [3.8, 4) is 5.75 Å². The average Bonchev–Trinajstić information content (AvgIpc) is 2.73. The number of hydrogen-bond acceptors (Lipinski definition) is 5. The number of nitrogens with zero attached hydrogens (tertiary/aromatic N) is 1. The predicted molar refractivity (Wildman–Crippen MR) is 119 cm³/mol. The van der Waals surface area contributed by atoms with Crippen LogP contribution in [0.2, 0.25) is 0 Å². The second kappa shape index (κ2) is 7.55. The van der Waals surface area contributed by atoms with Crippen LogP contribution >= 0.6 is 0 Å². The van der Waals surface area contributed by atoms with Crippen LogP contribution in [0.25, 0.3) is 0 Å². The molecule has 0 aliphatic heterocycles. The van der Waals surface area contributed by atoms with E-state index in [9.17, 15) is 14.9 Å². The Balaban J connectivity index is 1.37. The van der Waals surface area contributed by atoms with Crippen molar-refractivity contribution in [3.05, 3.63) is 58.1 Å². The second-order valence-corrected chi connectivity index (χ2v) is 9.47. The maximum atomic E-state index is 12.9. The van der Waals surface area contributed by atoms with Gasteiger partial charge in [0.25, 0.3) is 5.91 Å². The van der Waals surface area contributed by atoms with Crippen molar-refractivity contribution in [2.75, 3.05) is 17.7 Å². The Morgan fingerprint density at radius 3 is 2.23 bits per heavy atom. The van der Waals surface area contributed by atoms with Gasteiger partial charge in [0, 0.05) is 17.2 Å². The molecule has 7 heteroatoms. The highest BCUT2D eigenvalue weighted by Gasteiger charge is 2.51. The molecule has 6 rings (SSSR count). The van der Waals surface area contributed by atoms with E-state index in [1.807, 2.05) is 24.3 Å². The number of rotatable bonds is 6. The van der Waals surface area contributed by atoms with E-state index in [0.29, 0.717) is 5.69 Å². The molecule has 4 fully saturated rings. The van der Waals surface area contributed by atoms with Crippen LogP contribution in [0.15, 0.2) is 42.5 Å². The molecule has 1 amide bonds. The molecule has 7 nitrogen and oxygen atoms in total. The lowest BCUT2D eigenvalue weighted by molar-refractivity contribution is -0.385. The first kappa shape index (κ1) is 19.8. The molecular weight excluding hydrogens is 394 g/mol. The summed E-state index contributed by atoms with van der Waals surface area (Å²) in [5.74, 6) is 2.21. The van der Waals surface area contributed by atoms with Crippen LogP contribution < -0.4 is 15.4 Å². The Hall–Kier alpha value is -3.09. The van der Waals surface area contributed by atoms with Gasteiger partial charge in [-0.1, -0.05) is 12.1 Å². The zero-order valence-corrected chi connectivity index (χ0v) is 17.6. The van der Waals surface area contributed by atoms with Crippen LogP contribution in [0, 0.1) is 27.9 Å². The number of carbonyl (C=O) groups is 1. The molecule has 4 aliphatic carbocycles. The number of methoxy groups -OCH3 is 1. The van der Waals surface area contributed by atoms with Crippen molar-refractivity contribution in [1.29, 1.82) is 0 Å². The quantitative estimate of drug-likeness (QED) is 0.492. The fourth-order valence-electron chi connectivity index (χ4n) is 6.42. The third-order valence-corrected chi connectivity index (χ3v) is 7.25. The summed E-state index contributed by atoms with van der Waals surface area (Å²) in [6.45, 7) is 0. The molecule has 0 saturated heterocycles. The van der Waals surface area contributed by atoms with Crippen LogP contribution in [0.5, 0.6) is 5.75 Å². The smallest absolute Gasteiger partial charge is 0.311 e. The van der Waals surface area contributed by atoms with E-state index in [1.165, 1.54) is 63.8 Å². The van der Waals surface area contributed by atoms with E-state index >= 15 is 0 Å². The van der Waals surface area contributed by atoms with Crippen LogP contribution in [0.3, 0.4) is 0 Å². The minimum absolute atomic E-state index is 0.120. The monoisotopic (exact) mass is 421 g/mol. The van der Waals surface area contributed by atoms with Crippen molar-refractivity contribution in [2.45, 2.75) is 44.1 Å². The van der Waals surface area contributed by atoms with E-state index < -0.39 is 4.92 Å². The zero-order chi connectivity index (χ0) is 21.6. The molecular formula is C24H27N3O4. The molecule has 0 unspecified atom stereocenters. The average molecular weight is 421 g/mol. The van der Waals surface area contributed by atoms with Crippen molar-refractivity contribution >= 4 is 23.0 Å². The molecule has 2 N–H and O–H groups in total. The summed E-state index contributed by atoms with van der Waals surface area (Å²) >= 11 is 0. The van der Waals surface area contributed by atoms with Crippen molar-refractivity contribution < 1.29 is 14.5 Å². The SMILES string of the molecule is COc1ccc(C(=O)Nc2ccccc2NC23CC4CC(CC(C4)C2)C3)cc1[N+](=O)[O-]. The van der Waals surface area contributed by atoms with E-state index in [4.69, 9.17) is 4.74 Å². The van der Waals surface area contributed by atoms with Crippen LogP contribution in [0.4, 0.5) is 17.1 Å². The Labute approximate surface area is 181 Å². The molecule has 0 aromatic heterocycles. The van der Waals surface area contributed by atoms with Gasteiger partial charge in [-0.15, -0.1) is 0 Å². The molecule has 0 radical (unpaired) electrons. The van der Waals surface area contributed by atoms with Gasteiger partial charge in [0.05, 0.1) is 23.4 Å². The van der Waals surface area contributed by atoms with E-state index in [-0.39, 0.29) is 28.4 Å². The summed E-state index contributed by atoms with van der Waals surface area (Å²) in [6.07, 6.45) is 7.71. The van der Waals surface area contributed by atoms with E-state index in [1.54, 1.807) is 0 Å². The number of anilines is 2. The summed E-state index contributed by atoms with van der Waals surface area (Å²) in [6, 6.07) is 12.0. The van der Waals surface area contributed by atoms with Crippen molar-refractivity contribution in [1.82, 2.24) is 0 Å². The molecule has 0 heterocycles. The van der Waals surface area contributed by atoms with Gasteiger partial charge in [-0.3, -0.25) is 14.9 Å². The van der Waals surface area contributed by atoms with Crippen LogP contribution in [0.1, 0.15) is 48.9 Å². The molecule has 0 spiro atoms. The highest BCUT2D eigenvalue weighted by atomic mass is 16.6. The molecule has 0 atom stereocenters. The summed E-state index contributed by atoms with van der Waals surface area (Å²) < 4.78 is 5.03.